The first-order chi connectivity index (χ1) is 10.0. The molecule has 21 heavy (non-hydrogen) atoms. The van der Waals surface area contributed by atoms with E-state index in [0.29, 0.717) is 18.4 Å². The lowest BCUT2D eigenvalue weighted by Gasteiger charge is -2.27. The van der Waals surface area contributed by atoms with Crippen LogP contribution in [0.25, 0.3) is 0 Å². The van der Waals surface area contributed by atoms with Crippen LogP contribution >= 0.6 is 0 Å². The van der Waals surface area contributed by atoms with Crippen LogP contribution in [0.2, 0.25) is 0 Å². The first-order valence-corrected chi connectivity index (χ1v) is 7.56. The van der Waals surface area contributed by atoms with Crippen molar-refractivity contribution in [2.24, 2.45) is 0 Å². The van der Waals surface area contributed by atoms with Crippen molar-refractivity contribution < 1.29 is 9.50 Å². The van der Waals surface area contributed by atoms with E-state index in [1.807, 2.05) is 24.6 Å². The normalized spacial score (nSPS) is 14.1. The molecule has 0 radical (unpaired) electrons. The molecule has 1 aromatic heterocycles. The van der Waals surface area contributed by atoms with Gasteiger partial charge >= 0.3 is 0 Å². The summed E-state index contributed by atoms with van der Waals surface area (Å²) in [5, 5.41) is 15.5. The van der Waals surface area contributed by atoms with Gasteiger partial charge in [-0.05, 0) is 43.5 Å². The Bertz CT molecular complexity index is 609. The number of benzene rings is 1. The molecular weight excluding hydrogens is 267 g/mol. The number of nitrogens with zero attached hydrogens (tertiary/aromatic N) is 2. The van der Waals surface area contributed by atoms with Crippen molar-refractivity contribution in [3.8, 4) is 0 Å². The summed E-state index contributed by atoms with van der Waals surface area (Å²) < 4.78 is 15.4. The summed E-state index contributed by atoms with van der Waals surface area (Å²) in [6.07, 6.45) is 1.82. The highest BCUT2D eigenvalue weighted by molar-refractivity contribution is 5.26. The Balaban J connectivity index is 2.36. The maximum absolute atomic E-state index is 13.4. The highest BCUT2D eigenvalue weighted by Crippen LogP contribution is 2.30. The van der Waals surface area contributed by atoms with Crippen LogP contribution in [0.15, 0.2) is 30.3 Å². The second kappa shape index (κ2) is 6.39. The third-order valence-electron chi connectivity index (χ3n) is 4.00. The van der Waals surface area contributed by atoms with Gasteiger partial charge in [0.05, 0.1) is 11.3 Å². The summed E-state index contributed by atoms with van der Waals surface area (Å²) in [6, 6.07) is 8.26. The molecule has 0 saturated carbocycles. The largest absolute Gasteiger partial charge is 0.385 e. The van der Waals surface area contributed by atoms with Gasteiger partial charge in [-0.1, -0.05) is 26.0 Å². The van der Waals surface area contributed by atoms with Crippen molar-refractivity contribution in [3.05, 3.63) is 53.1 Å². The molecule has 0 saturated heterocycles. The van der Waals surface area contributed by atoms with Crippen LogP contribution in [0, 0.1) is 5.82 Å². The maximum Gasteiger partial charge on any atom is 0.123 e. The number of aryl methyl sites for hydroxylation is 2. The number of rotatable bonds is 6. The molecule has 0 aliphatic heterocycles. The lowest BCUT2D eigenvalue weighted by molar-refractivity contribution is 0.0304. The van der Waals surface area contributed by atoms with Crippen LogP contribution in [0.1, 0.15) is 44.1 Å². The molecule has 2 rings (SSSR count). The van der Waals surface area contributed by atoms with E-state index >= 15 is 0 Å². The Hall–Kier alpha value is -1.68. The van der Waals surface area contributed by atoms with Crippen LogP contribution in [0.4, 0.5) is 4.39 Å². The van der Waals surface area contributed by atoms with E-state index in [1.165, 1.54) is 12.1 Å². The third kappa shape index (κ3) is 3.32. The monoisotopic (exact) mass is 290 g/mol. The Morgan fingerprint density at radius 3 is 2.57 bits per heavy atom. The van der Waals surface area contributed by atoms with Crippen LogP contribution in [0.5, 0.6) is 0 Å². The van der Waals surface area contributed by atoms with Crippen molar-refractivity contribution in [3.63, 3.8) is 0 Å². The van der Waals surface area contributed by atoms with Gasteiger partial charge in [0, 0.05) is 18.7 Å². The van der Waals surface area contributed by atoms with E-state index in [2.05, 4.69) is 12.0 Å². The van der Waals surface area contributed by atoms with Gasteiger partial charge in [-0.15, -0.1) is 0 Å². The maximum atomic E-state index is 13.4. The summed E-state index contributed by atoms with van der Waals surface area (Å²) in [5.74, 6) is -0.322. The predicted molar refractivity (Wildman–Crippen MR) is 81.6 cm³/mol. The molecule has 0 aliphatic rings. The SMILES string of the molecule is CCc1cc(CC(O)(CC)c2cccc(F)c2)n(CC)n1. The molecule has 3 nitrogen and oxygen atoms in total. The minimum absolute atomic E-state index is 0.322. The van der Waals surface area contributed by atoms with Crippen LogP contribution < -0.4 is 0 Å². The van der Waals surface area contributed by atoms with Crippen molar-refractivity contribution in [1.29, 1.82) is 0 Å². The van der Waals surface area contributed by atoms with Gasteiger partial charge in [0.1, 0.15) is 5.82 Å². The second-order valence-corrected chi connectivity index (χ2v) is 5.37. The molecular formula is C17H23FN2O. The fraction of sp³-hybridized carbons (Fsp3) is 0.471. The topological polar surface area (TPSA) is 38.0 Å². The van der Waals surface area contributed by atoms with E-state index in [-0.39, 0.29) is 5.82 Å². The number of hydrogen-bond acceptors (Lipinski definition) is 2. The first-order valence-electron chi connectivity index (χ1n) is 7.56. The summed E-state index contributed by atoms with van der Waals surface area (Å²) in [7, 11) is 0. The van der Waals surface area contributed by atoms with Gasteiger partial charge in [0.25, 0.3) is 0 Å². The molecule has 1 aromatic carbocycles. The van der Waals surface area contributed by atoms with Gasteiger partial charge < -0.3 is 5.11 Å². The second-order valence-electron chi connectivity index (χ2n) is 5.37. The van der Waals surface area contributed by atoms with Gasteiger partial charge in [0.2, 0.25) is 0 Å². The third-order valence-corrected chi connectivity index (χ3v) is 4.00. The average molecular weight is 290 g/mol. The van der Waals surface area contributed by atoms with E-state index < -0.39 is 5.60 Å². The fourth-order valence-electron chi connectivity index (χ4n) is 2.61. The smallest absolute Gasteiger partial charge is 0.123 e. The molecule has 2 aromatic rings. The van der Waals surface area contributed by atoms with E-state index in [9.17, 15) is 9.50 Å². The molecule has 1 N–H and O–H groups in total. The van der Waals surface area contributed by atoms with Crippen LogP contribution in [-0.4, -0.2) is 14.9 Å². The highest BCUT2D eigenvalue weighted by Gasteiger charge is 2.29. The quantitative estimate of drug-likeness (QED) is 0.885. The molecule has 0 spiro atoms. The number of hydrogen-bond donors (Lipinski definition) is 1. The molecule has 0 aliphatic carbocycles. The zero-order valence-corrected chi connectivity index (χ0v) is 12.9. The Morgan fingerprint density at radius 2 is 2.00 bits per heavy atom. The zero-order valence-electron chi connectivity index (χ0n) is 12.9. The number of halogens is 1. The van der Waals surface area contributed by atoms with Gasteiger partial charge in [-0.25, -0.2) is 4.39 Å². The molecule has 0 fully saturated rings. The molecule has 0 amide bonds. The predicted octanol–water partition coefficient (Wildman–Crippen LogP) is 3.44. The summed E-state index contributed by atoms with van der Waals surface area (Å²) in [6.45, 7) is 6.77. The standard InChI is InChI=1S/C17H23FN2O/c1-4-15-11-16(20(6-3)19-15)12-17(21,5-2)13-8-7-9-14(18)10-13/h7-11,21H,4-6,12H2,1-3H3. The minimum atomic E-state index is -1.07. The number of aromatic nitrogens is 2. The molecule has 1 atom stereocenters. The van der Waals surface area contributed by atoms with Crippen LogP contribution in [0.3, 0.4) is 0 Å². The Morgan fingerprint density at radius 1 is 1.24 bits per heavy atom. The highest BCUT2D eigenvalue weighted by atomic mass is 19.1. The van der Waals surface area contributed by atoms with E-state index in [0.717, 1.165) is 24.4 Å². The van der Waals surface area contributed by atoms with Crippen LogP contribution in [-0.2, 0) is 25.0 Å². The lowest BCUT2D eigenvalue weighted by Crippen LogP contribution is -2.29. The molecule has 114 valence electrons. The Labute approximate surface area is 125 Å². The van der Waals surface area contributed by atoms with Crippen molar-refractivity contribution >= 4 is 0 Å². The molecule has 4 heteroatoms. The summed E-state index contributed by atoms with van der Waals surface area (Å²) >= 11 is 0. The van der Waals surface area contributed by atoms with Crippen molar-refractivity contribution in [2.75, 3.05) is 0 Å². The van der Waals surface area contributed by atoms with Gasteiger partial charge in [0.15, 0.2) is 0 Å². The van der Waals surface area contributed by atoms with Gasteiger partial charge in [-0.2, -0.15) is 5.10 Å². The lowest BCUT2D eigenvalue weighted by atomic mass is 9.86. The Kier molecular flexibility index (Phi) is 4.78. The van der Waals surface area contributed by atoms with Crippen molar-refractivity contribution in [1.82, 2.24) is 9.78 Å². The van der Waals surface area contributed by atoms with Gasteiger partial charge in [-0.3, -0.25) is 4.68 Å². The first kappa shape index (κ1) is 15.7. The zero-order chi connectivity index (χ0) is 15.5. The minimum Gasteiger partial charge on any atom is -0.385 e. The number of aliphatic hydroxyl groups is 1. The van der Waals surface area contributed by atoms with E-state index in [1.54, 1.807) is 12.1 Å². The summed E-state index contributed by atoms with van der Waals surface area (Å²) in [5.41, 5.74) is 1.56. The molecule has 1 unspecified atom stereocenters. The average Bonchev–Trinajstić information content (AvgIpc) is 2.89. The fourth-order valence-corrected chi connectivity index (χ4v) is 2.61. The van der Waals surface area contributed by atoms with E-state index in [4.69, 9.17) is 0 Å². The summed E-state index contributed by atoms with van der Waals surface area (Å²) in [4.78, 5) is 0. The molecule has 0 bridgehead atoms. The molecule has 1 heterocycles. The van der Waals surface area contributed by atoms with Crippen molar-refractivity contribution in [2.45, 2.75) is 52.2 Å².